The zero-order chi connectivity index (χ0) is 8.81. The summed E-state index contributed by atoms with van der Waals surface area (Å²) in [5.41, 5.74) is 0.418. The molecule has 0 amide bonds. The van der Waals surface area contributed by atoms with Crippen LogP contribution in [0.4, 0.5) is 0 Å². The minimum absolute atomic E-state index is 0.363. The van der Waals surface area contributed by atoms with Crippen LogP contribution in [0.2, 0.25) is 0 Å². The highest BCUT2D eigenvalue weighted by molar-refractivity contribution is 6.09. The average Bonchev–Trinajstić information content (AvgIpc) is 2.32. The molecular weight excluding hydrogens is 156 g/mol. The van der Waals surface area contributed by atoms with E-state index >= 15 is 0 Å². The number of nitrogens with zero attached hydrogens (tertiary/aromatic N) is 1. The fourth-order valence-corrected chi connectivity index (χ4v) is 0.711. The maximum atomic E-state index is 11.1. The molecule has 64 valence electrons. The average molecular weight is 166 g/mol. The number of ether oxygens (including phenoxy) is 1. The van der Waals surface area contributed by atoms with E-state index in [0.29, 0.717) is 12.2 Å². The highest BCUT2D eigenvalue weighted by Gasteiger charge is 2.07. The monoisotopic (exact) mass is 166 g/mol. The number of aliphatic imine (C=N–C) groups is 1. The number of rotatable bonds is 2. The Bertz CT molecular complexity index is 254. The molecule has 0 aromatic rings. The Labute approximate surface area is 70.6 Å². The molecule has 1 heterocycles. The van der Waals surface area contributed by atoms with Gasteiger partial charge < -0.3 is 10.1 Å². The second-order valence-electron chi connectivity index (χ2n) is 2.08. The van der Waals surface area contributed by atoms with Crippen molar-refractivity contribution in [1.29, 1.82) is 0 Å². The van der Waals surface area contributed by atoms with E-state index < -0.39 is 0 Å². The van der Waals surface area contributed by atoms with Crippen LogP contribution in [0.15, 0.2) is 29.2 Å². The molecule has 0 aromatic heterocycles. The minimum atomic E-state index is -0.363. The van der Waals surface area contributed by atoms with Crippen molar-refractivity contribution in [2.45, 2.75) is 6.92 Å². The molecule has 0 saturated carbocycles. The van der Waals surface area contributed by atoms with Gasteiger partial charge in [-0.15, -0.1) is 0 Å². The van der Waals surface area contributed by atoms with E-state index in [1.807, 2.05) is 0 Å². The second-order valence-corrected chi connectivity index (χ2v) is 2.08. The number of carbonyl (C=O) groups is 1. The summed E-state index contributed by atoms with van der Waals surface area (Å²) in [5.74, 6) is -0.363. The standard InChI is InChI=1S/C8H10N2O2/c1-2-12-8(11)7-5-9-3-4-10-6-7/h3-6,9H,2H2,1H3. The van der Waals surface area contributed by atoms with E-state index in [0.717, 1.165) is 0 Å². The molecule has 1 rings (SSSR count). The first-order chi connectivity index (χ1) is 5.84. The molecule has 4 heteroatoms. The Balaban J connectivity index is 2.62. The molecule has 1 N–H and O–H groups in total. The third-order valence-corrected chi connectivity index (χ3v) is 1.22. The van der Waals surface area contributed by atoms with E-state index in [4.69, 9.17) is 4.74 Å². The van der Waals surface area contributed by atoms with Crippen molar-refractivity contribution < 1.29 is 9.53 Å². The normalized spacial score (nSPS) is 14.6. The van der Waals surface area contributed by atoms with Crippen LogP contribution in [-0.4, -0.2) is 18.8 Å². The van der Waals surface area contributed by atoms with Gasteiger partial charge in [-0.05, 0) is 6.92 Å². The predicted octanol–water partition coefficient (Wildman–Crippen LogP) is 0.579. The van der Waals surface area contributed by atoms with Crippen LogP contribution in [0, 0.1) is 0 Å². The molecular formula is C8H10N2O2. The van der Waals surface area contributed by atoms with Crippen LogP contribution >= 0.6 is 0 Å². The molecule has 0 aliphatic carbocycles. The van der Waals surface area contributed by atoms with Crippen molar-refractivity contribution in [3.63, 3.8) is 0 Å². The SMILES string of the molecule is CCOC(=O)C1=CNC=CN=C1. The summed E-state index contributed by atoms with van der Waals surface area (Å²) >= 11 is 0. The summed E-state index contributed by atoms with van der Waals surface area (Å²) < 4.78 is 4.77. The molecule has 1 aliphatic rings. The summed E-state index contributed by atoms with van der Waals surface area (Å²) in [6, 6.07) is 0. The lowest BCUT2D eigenvalue weighted by Gasteiger charge is -1.99. The van der Waals surface area contributed by atoms with Crippen LogP contribution in [0.25, 0.3) is 0 Å². The van der Waals surface area contributed by atoms with Crippen molar-refractivity contribution >= 4 is 12.2 Å². The maximum Gasteiger partial charge on any atom is 0.341 e. The van der Waals surface area contributed by atoms with Crippen LogP contribution < -0.4 is 5.32 Å². The van der Waals surface area contributed by atoms with Gasteiger partial charge in [-0.25, -0.2) is 4.79 Å². The van der Waals surface area contributed by atoms with E-state index in [-0.39, 0.29) is 5.97 Å². The fourth-order valence-electron chi connectivity index (χ4n) is 0.711. The first-order valence-corrected chi connectivity index (χ1v) is 3.66. The summed E-state index contributed by atoms with van der Waals surface area (Å²) in [5, 5.41) is 2.77. The van der Waals surface area contributed by atoms with Gasteiger partial charge in [0.2, 0.25) is 0 Å². The molecule has 0 atom stereocenters. The molecule has 4 nitrogen and oxygen atoms in total. The van der Waals surface area contributed by atoms with Crippen LogP contribution in [-0.2, 0) is 9.53 Å². The Kier molecular flexibility index (Phi) is 3.07. The molecule has 12 heavy (non-hydrogen) atoms. The van der Waals surface area contributed by atoms with Gasteiger partial charge in [0.25, 0.3) is 0 Å². The molecule has 0 fully saturated rings. The molecule has 0 unspecified atom stereocenters. The van der Waals surface area contributed by atoms with E-state index in [1.54, 1.807) is 25.5 Å². The van der Waals surface area contributed by atoms with Gasteiger partial charge in [-0.2, -0.15) is 0 Å². The third-order valence-electron chi connectivity index (χ3n) is 1.22. The first-order valence-electron chi connectivity index (χ1n) is 3.66. The van der Waals surface area contributed by atoms with Gasteiger partial charge in [0.1, 0.15) is 0 Å². The van der Waals surface area contributed by atoms with Crippen molar-refractivity contribution in [3.8, 4) is 0 Å². The number of hydrogen-bond acceptors (Lipinski definition) is 4. The van der Waals surface area contributed by atoms with Gasteiger partial charge in [-0.3, -0.25) is 4.99 Å². The molecule has 0 bridgehead atoms. The Hall–Kier alpha value is -1.58. The van der Waals surface area contributed by atoms with Crippen LogP contribution in [0.3, 0.4) is 0 Å². The van der Waals surface area contributed by atoms with Gasteiger partial charge in [0.15, 0.2) is 0 Å². The summed E-state index contributed by atoms with van der Waals surface area (Å²) in [7, 11) is 0. The molecule has 1 aliphatic heterocycles. The van der Waals surface area contributed by atoms with Crippen LogP contribution in [0.5, 0.6) is 0 Å². The molecule has 0 aromatic carbocycles. The van der Waals surface area contributed by atoms with E-state index in [1.165, 1.54) is 6.21 Å². The lowest BCUT2D eigenvalue weighted by molar-refractivity contribution is -0.137. The zero-order valence-electron chi connectivity index (χ0n) is 6.78. The quantitative estimate of drug-likeness (QED) is 0.610. The van der Waals surface area contributed by atoms with Gasteiger partial charge in [-0.1, -0.05) is 0 Å². The second kappa shape index (κ2) is 4.33. The van der Waals surface area contributed by atoms with Gasteiger partial charge >= 0.3 is 5.97 Å². The Morgan fingerprint density at radius 1 is 1.75 bits per heavy atom. The highest BCUT2D eigenvalue weighted by Crippen LogP contribution is 1.96. The lowest BCUT2D eigenvalue weighted by atomic mass is 10.3. The van der Waals surface area contributed by atoms with Crippen molar-refractivity contribution in [3.05, 3.63) is 24.2 Å². The molecule has 0 saturated heterocycles. The minimum Gasteiger partial charge on any atom is -0.462 e. The Morgan fingerprint density at radius 2 is 2.58 bits per heavy atom. The topological polar surface area (TPSA) is 50.7 Å². The summed E-state index contributed by atoms with van der Waals surface area (Å²) in [6.45, 7) is 2.13. The number of esters is 1. The summed E-state index contributed by atoms with van der Waals surface area (Å²) in [4.78, 5) is 14.9. The van der Waals surface area contributed by atoms with Crippen LogP contribution in [0.1, 0.15) is 6.92 Å². The number of nitrogens with one attached hydrogen (secondary N) is 1. The van der Waals surface area contributed by atoms with Gasteiger partial charge in [0, 0.05) is 24.8 Å². The lowest BCUT2D eigenvalue weighted by Crippen LogP contribution is -2.10. The van der Waals surface area contributed by atoms with E-state index in [2.05, 4.69) is 10.3 Å². The third kappa shape index (κ3) is 2.23. The number of hydrogen-bond donors (Lipinski definition) is 1. The first kappa shape index (κ1) is 8.52. The van der Waals surface area contributed by atoms with Gasteiger partial charge in [0.05, 0.1) is 12.2 Å². The van der Waals surface area contributed by atoms with Crippen molar-refractivity contribution in [2.24, 2.45) is 4.99 Å². The fraction of sp³-hybridized carbons (Fsp3) is 0.250. The predicted molar refractivity (Wildman–Crippen MR) is 45.5 cm³/mol. The largest absolute Gasteiger partial charge is 0.462 e. The van der Waals surface area contributed by atoms with Crippen molar-refractivity contribution in [1.82, 2.24) is 5.32 Å². The Morgan fingerprint density at radius 3 is 3.33 bits per heavy atom. The van der Waals surface area contributed by atoms with Crippen molar-refractivity contribution in [2.75, 3.05) is 6.61 Å². The molecule has 0 radical (unpaired) electrons. The van der Waals surface area contributed by atoms with E-state index in [9.17, 15) is 4.79 Å². The zero-order valence-corrected chi connectivity index (χ0v) is 6.78. The maximum absolute atomic E-state index is 11.1. The smallest absolute Gasteiger partial charge is 0.341 e. The number of carbonyl (C=O) groups excluding carboxylic acids is 1. The highest BCUT2D eigenvalue weighted by atomic mass is 16.5. The summed E-state index contributed by atoms with van der Waals surface area (Å²) in [6.07, 6.45) is 6.19. The molecule has 0 spiro atoms.